The maximum absolute atomic E-state index is 16.3. The third-order valence-corrected chi connectivity index (χ3v) is 10.7. The Labute approximate surface area is 335 Å². The van der Waals surface area contributed by atoms with Crippen LogP contribution in [0.4, 0.5) is 35.1 Å². The molecule has 0 bridgehead atoms. The van der Waals surface area contributed by atoms with E-state index in [-0.39, 0.29) is 61.0 Å². The van der Waals surface area contributed by atoms with Gasteiger partial charge in [0.25, 0.3) is 5.56 Å². The van der Waals surface area contributed by atoms with Gasteiger partial charge < -0.3 is 15.2 Å². The van der Waals surface area contributed by atoms with Gasteiger partial charge in [-0.1, -0.05) is 34.1 Å². The molecule has 2 N–H and O–H groups in total. The number of ether oxygens (including phenoxy) is 1. The van der Waals surface area contributed by atoms with Crippen LogP contribution < -0.4 is 10.9 Å². The van der Waals surface area contributed by atoms with Gasteiger partial charge in [0.2, 0.25) is 5.91 Å². The van der Waals surface area contributed by atoms with Crippen LogP contribution in [0.15, 0.2) is 70.1 Å². The van der Waals surface area contributed by atoms with Crippen molar-refractivity contribution in [1.29, 1.82) is 0 Å². The van der Waals surface area contributed by atoms with Gasteiger partial charge in [-0.3, -0.25) is 23.9 Å². The SMILES string of the molecule is CCOC(=O)C[C@H](NC(=O)C(c1cccc(Br)c1)n1cc(CCN2CC(F)C2)c(C(F)(F)F)cc1=O)c1cc(-c2c(C)cc(C3CC3)cc2O)cc(C(F)(F)F)c1F. The predicted molar refractivity (Wildman–Crippen MR) is 200 cm³/mol. The van der Waals surface area contributed by atoms with Gasteiger partial charge in [-0.2, -0.15) is 26.3 Å². The summed E-state index contributed by atoms with van der Waals surface area (Å²) in [6, 6.07) is 7.01. The topological polar surface area (TPSA) is 101 Å². The van der Waals surface area contributed by atoms with E-state index in [1.807, 2.05) is 0 Å². The van der Waals surface area contributed by atoms with Crippen molar-refractivity contribution in [3.05, 3.63) is 120 Å². The molecule has 2 fully saturated rings. The average molecular weight is 885 g/mol. The highest BCUT2D eigenvalue weighted by Crippen LogP contribution is 2.46. The lowest BCUT2D eigenvalue weighted by Crippen LogP contribution is -2.49. The van der Waals surface area contributed by atoms with Crippen molar-refractivity contribution < 1.29 is 54.6 Å². The number of hydrogen-bond donors (Lipinski definition) is 2. The summed E-state index contributed by atoms with van der Waals surface area (Å²) in [5.41, 5.74) is -4.68. The number of nitrogens with one attached hydrogen (secondary N) is 1. The first-order valence-electron chi connectivity index (χ1n) is 18.4. The Kier molecular flexibility index (Phi) is 12.4. The summed E-state index contributed by atoms with van der Waals surface area (Å²) in [6.45, 7) is 2.82. The Morgan fingerprint density at radius 3 is 2.28 bits per heavy atom. The zero-order chi connectivity index (χ0) is 42.3. The Bertz CT molecular complexity index is 2240. The third-order valence-electron chi connectivity index (χ3n) is 10.2. The lowest BCUT2D eigenvalue weighted by molar-refractivity contribution is -0.144. The highest BCUT2D eigenvalue weighted by Gasteiger charge is 2.40. The lowest BCUT2D eigenvalue weighted by Gasteiger charge is -2.34. The highest BCUT2D eigenvalue weighted by atomic mass is 79.9. The summed E-state index contributed by atoms with van der Waals surface area (Å²) in [4.78, 5) is 42.7. The first-order valence-corrected chi connectivity index (χ1v) is 19.2. The molecule has 1 saturated heterocycles. The summed E-state index contributed by atoms with van der Waals surface area (Å²) in [6.07, 6.45) is -10.0. The Hall–Kier alpha value is -4.77. The number of carbonyl (C=O) groups is 2. The minimum absolute atomic E-state index is 0.00465. The molecule has 58 heavy (non-hydrogen) atoms. The van der Waals surface area contributed by atoms with Crippen LogP contribution >= 0.6 is 15.9 Å². The number of halogens is 9. The molecular formula is C41H38BrF8N3O5. The van der Waals surface area contributed by atoms with Crippen LogP contribution in [0, 0.1) is 12.7 Å². The zero-order valence-electron chi connectivity index (χ0n) is 31.1. The largest absolute Gasteiger partial charge is 0.507 e. The molecule has 1 amide bonds. The van der Waals surface area contributed by atoms with Crippen LogP contribution in [-0.2, 0) is 33.1 Å². The number of rotatable bonds is 13. The number of aryl methyl sites for hydroxylation is 1. The number of esters is 1. The summed E-state index contributed by atoms with van der Waals surface area (Å²) in [5, 5.41) is 13.5. The number of aromatic hydroxyl groups is 1. The fraction of sp³-hybridized carbons (Fsp3) is 0.390. The van der Waals surface area contributed by atoms with E-state index in [0.717, 1.165) is 30.7 Å². The molecule has 1 aromatic heterocycles. The second-order valence-corrected chi connectivity index (χ2v) is 15.4. The summed E-state index contributed by atoms with van der Waals surface area (Å²) >= 11 is 3.27. The number of alkyl halides is 7. The van der Waals surface area contributed by atoms with Gasteiger partial charge in [0.15, 0.2) is 0 Å². The van der Waals surface area contributed by atoms with E-state index in [1.165, 1.54) is 31.2 Å². The number of pyridine rings is 1. The monoisotopic (exact) mass is 883 g/mol. The van der Waals surface area contributed by atoms with Crippen LogP contribution in [0.1, 0.15) is 83.1 Å². The van der Waals surface area contributed by atoms with Crippen molar-refractivity contribution in [2.45, 2.75) is 76.1 Å². The Morgan fingerprint density at radius 2 is 1.69 bits per heavy atom. The van der Waals surface area contributed by atoms with E-state index in [1.54, 1.807) is 24.0 Å². The standard InChI is InChI=1S/C41H38BrF8N3O5/c1-3-58-35(56)17-32(29-13-26(14-31(37(29)44)41(48,49)50)36-21(2)11-25(15-33(36)54)22-7-8-22)51-39(57)38(23-5-4-6-27(42)12-23)53-18-24(9-10-52-19-28(43)20-52)30(16-34(53)55)40(45,46)47/h4-6,11-16,18,22,28,32,38,54H,3,7-10,17,19-20H2,1-2H3,(H,51,57)/t32-,38?/m0/s1. The summed E-state index contributed by atoms with van der Waals surface area (Å²) in [7, 11) is 0. The highest BCUT2D eigenvalue weighted by molar-refractivity contribution is 9.10. The van der Waals surface area contributed by atoms with E-state index >= 15 is 4.39 Å². The second kappa shape index (κ2) is 16.8. The lowest BCUT2D eigenvalue weighted by atomic mass is 9.90. The van der Waals surface area contributed by atoms with Crippen LogP contribution in [0.2, 0.25) is 0 Å². The van der Waals surface area contributed by atoms with Gasteiger partial charge >= 0.3 is 18.3 Å². The van der Waals surface area contributed by atoms with E-state index in [9.17, 15) is 50.2 Å². The molecule has 0 spiro atoms. The molecular weight excluding hydrogens is 846 g/mol. The van der Waals surface area contributed by atoms with Gasteiger partial charge in [-0.25, -0.2) is 8.78 Å². The first kappa shape index (κ1) is 42.8. The molecule has 2 heterocycles. The molecule has 0 radical (unpaired) electrons. The maximum Gasteiger partial charge on any atom is 0.419 e. The van der Waals surface area contributed by atoms with Crippen molar-refractivity contribution >= 4 is 27.8 Å². The second-order valence-electron chi connectivity index (χ2n) is 14.5. The van der Waals surface area contributed by atoms with Crippen LogP contribution in [-0.4, -0.2) is 58.9 Å². The molecule has 310 valence electrons. The summed E-state index contributed by atoms with van der Waals surface area (Å²) in [5.74, 6) is -4.28. The summed E-state index contributed by atoms with van der Waals surface area (Å²) < 4.78 is 122. The van der Waals surface area contributed by atoms with Crippen molar-refractivity contribution in [2.24, 2.45) is 0 Å². The number of benzene rings is 3. The molecule has 3 aromatic carbocycles. The maximum atomic E-state index is 16.3. The van der Waals surface area contributed by atoms with E-state index < -0.39 is 82.5 Å². The van der Waals surface area contributed by atoms with Gasteiger partial charge in [-0.05, 0) is 97.2 Å². The van der Waals surface area contributed by atoms with Gasteiger partial charge in [0, 0.05) is 47.5 Å². The number of carbonyl (C=O) groups excluding carboxylic acids is 2. The van der Waals surface area contributed by atoms with E-state index in [0.29, 0.717) is 26.7 Å². The Balaban J connectivity index is 1.49. The molecule has 17 heteroatoms. The number of phenolic OH excluding ortho intramolecular Hbond substituents is 1. The molecule has 2 aliphatic rings. The molecule has 1 aliphatic carbocycles. The molecule has 4 aromatic rings. The van der Waals surface area contributed by atoms with Crippen molar-refractivity contribution in [3.63, 3.8) is 0 Å². The first-order chi connectivity index (χ1) is 27.2. The third kappa shape index (κ3) is 9.57. The molecule has 1 unspecified atom stereocenters. The smallest absolute Gasteiger partial charge is 0.419 e. The quantitative estimate of drug-likeness (QED) is 0.103. The Morgan fingerprint density at radius 1 is 1.00 bits per heavy atom. The molecule has 1 saturated carbocycles. The normalized spacial score (nSPS) is 16.1. The van der Waals surface area contributed by atoms with E-state index in [2.05, 4.69) is 21.2 Å². The molecule has 1 aliphatic heterocycles. The number of amides is 1. The van der Waals surface area contributed by atoms with Crippen molar-refractivity contribution in [2.75, 3.05) is 26.2 Å². The number of phenols is 1. The average Bonchev–Trinajstić information content (AvgIpc) is 3.96. The van der Waals surface area contributed by atoms with Gasteiger partial charge in [0.1, 0.15) is 23.8 Å². The van der Waals surface area contributed by atoms with Crippen molar-refractivity contribution in [1.82, 2.24) is 14.8 Å². The fourth-order valence-electron chi connectivity index (χ4n) is 7.29. The van der Waals surface area contributed by atoms with E-state index in [4.69, 9.17) is 4.74 Å². The minimum Gasteiger partial charge on any atom is -0.507 e. The minimum atomic E-state index is -5.30. The zero-order valence-corrected chi connectivity index (χ0v) is 32.7. The van der Waals surface area contributed by atoms with Crippen LogP contribution in [0.25, 0.3) is 11.1 Å². The number of aromatic nitrogens is 1. The van der Waals surface area contributed by atoms with Gasteiger partial charge in [-0.15, -0.1) is 0 Å². The van der Waals surface area contributed by atoms with Crippen molar-refractivity contribution in [3.8, 4) is 16.9 Å². The van der Waals surface area contributed by atoms with Gasteiger partial charge in [0.05, 0.1) is 30.2 Å². The number of hydrogen-bond acceptors (Lipinski definition) is 6. The molecule has 6 rings (SSSR count). The number of nitrogens with zero attached hydrogens (tertiary/aromatic N) is 2. The number of likely N-dealkylation sites (tertiary alicyclic amines) is 1. The molecule has 8 nitrogen and oxygen atoms in total. The van der Waals surface area contributed by atoms with Crippen LogP contribution in [0.3, 0.4) is 0 Å². The molecule has 2 atom stereocenters. The predicted octanol–water partition coefficient (Wildman–Crippen LogP) is 8.94. The fourth-order valence-corrected chi connectivity index (χ4v) is 7.71. The van der Waals surface area contributed by atoms with Crippen LogP contribution in [0.5, 0.6) is 5.75 Å².